The number of rotatable bonds is 7. The SMILES string of the molecule is CCOc1cc(NC(=NC)NCCC2CCCO2)ccc1OC. The van der Waals surface area contributed by atoms with Gasteiger partial charge in [0.05, 0.1) is 19.8 Å². The molecule has 0 spiro atoms. The highest BCUT2D eigenvalue weighted by molar-refractivity contribution is 5.93. The largest absolute Gasteiger partial charge is 0.493 e. The van der Waals surface area contributed by atoms with E-state index in [-0.39, 0.29) is 0 Å². The first-order chi connectivity index (χ1) is 11.3. The van der Waals surface area contributed by atoms with Gasteiger partial charge in [0.25, 0.3) is 0 Å². The Morgan fingerprint density at radius 3 is 2.91 bits per heavy atom. The second-order valence-electron chi connectivity index (χ2n) is 5.35. The normalized spacial score (nSPS) is 17.9. The summed E-state index contributed by atoms with van der Waals surface area (Å²) in [5.41, 5.74) is 0.902. The Hall–Kier alpha value is -1.95. The van der Waals surface area contributed by atoms with Crippen molar-refractivity contribution in [3.8, 4) is 11.5 Å². The molecule has 1 atom stereocenters. The molecular weight excluding hydrogens is 294 g/mol. The van der Waals surface area contributed by atoms with Crippen molar-refractivity contribution in [2.45, 2.75) is 32.3 Å². The number of hydrogen-bond donors (Lipinski definition) is 2. The molecule has 1 heterocycles. The van der Waals surface area contributed by atoms with Gasteiger partial charge in [-0.1, -0.05) is 0 Å². The minimum atomic E-state index is 0.381. The van der Waals surface area contributed by atoms with Crippen LogP contribution in [0.4, 0.5) is 5.69 Å². The fourth-order valence-electron chi connectivity index (χ4n) is 2.56. The van der Waals surface area contributed by atoms with Crippen LogP contribution in [0.25, 0.3) is 0 Å². The zero-order valence-corrected chi connectivity index (χ0v) is 14.2. The first-order valence-electron chi connectivity index (χ1n) is 8.17. The summed E-state index contributed by atoms with van der Waals surface area (Å²) >= 11 is 0. The van der Waals surface area contributed by atoms with Crippen LogP contribution in [-0.4, -0.2) is 46.0 Å². The summed E-state index contributed by atoms with van der Waals surface area (Å²) in [4.78, 5) is 4.25. The summed E-state index contributed by atoms with van der Waals surface area (Å²) in [5.74, 6) is 2.17. The number of anilines is 1. The summed E-state index contributed by atoms with van der Waals surface area (Å²) in [5, 5.41) is 6.58. The van der Waals surface area contributed by atoms with Crippen molar-refractivity contribution >= 4 is 11.6 Å². The topological polar surface area (TPSA) is 64.1 Å². The molecule has 6 nitrogen and oxygen atoms in total. The van der Waals surface area contributed by atoms with Crippen LogP contribution in [0, 0.1) is 0 Å². The Kier molecular flexibility index (Phi) is 7.00. The van der Waals surface area contributed by atoms with Crippen molar-refractivity contribution in [3.05, 3.63) is 18.2 Å². The fourth-order valence-corrected chi connectivity index (χ4v) is 2.56. The Morgan fingerprint density at radius 1 is 1.39 bits per heavy atom. The van der Waals surface area contributed by atoms with Crippen LogP contribution in [0.15, 0.2) is 23.2 Å². The van der Waals surface area contributed by atoms with Gasteiger partial charge in [0.15, 0.2) is 17.5 Å². The van der Waals surface area contributed by atoms with Crippen LogP contribution in [0.3, 0.4) is 0 Å². The maximum absolute atomic E-state index is 5.62. The summed E-state index contributed by atoms with van der Waals surface area (Å²) in [6.45, 7) is 4.27. The van der Waals surface area contributed by atoms with Crippen molar-refractivity contribution in [2.75, 3.05) is 39.2 Å². The van der Waals surface area contributed by atoms with E-state index in [1.165, 1.54) is 6.42 Å². The van der Waals surface area contributed by atoms with E-state index < -0.39 is 0 Å². The number of guanidine groups is 1. The molecule has 23 heavy (non-hydrogen) atoms. The highest BCUT2D eigenvalue weighted by atomic mass is 16.5. The van der Waals surface area contributed by atoms with E-state index in [0.29, 0.717) is 12.7 Å². The first kappa shape index (κ1) is 17.4. The van der Waals surface area contributed by atoms with Crippen LogP contribution in [-0.2, 0) is 4.74 Å². The van der Waals surface area contributed by atoms with E-state index in [0.717, 1.165) is 49.1 Å². The third-order valence-corrected chi connectivity index (χ3v) is 3.73. The molecule has 1 aliphatic rings. The molecule has 1 aromatic carbocycles. The summed E-state index contributed by atoms with van der Waals surface area (Å²) in [6.07, 6.45) is 3.70. The molecule has 6 heteroatoms. The second kappa shape index (κ2) is 9.25. The van der Waals surface area contributed by atoms with Gasteiger partial charge in [0, 0.05) is 32.0 Å². The number of methoxy groups -OCH3 is 1. The summed E-state index contributed by atoms with van der Waals surface area (Å²) < 4.78 is 16.5. The molecule has 1 aliphatic heterocycles. The first-order valence-corrected chi connectivity index (χ1v) is 8.17. The number of nitrogens with zero attached hydrogens (tertiary/aromatic N) is 1. The Morgan fingerprint density at radius 2 is 2.26 bits per heavy atom. The van der Waals surface area contributed by atoms with Crippen LogP contribution < -0.4 is 20.1 Å². The second-order valence-corrected chi connectivity index (χ2v) is 5.35. The van der Waals surface area contributed by atoms with Gasteiger partial charge in [-0.05, 0) is 38.3 Å². The molecule has 0 radical (unpaired) electrons. The molecule has 128 valence electrons. The number of aliphatic imine (C=N–C) groups is 1. The highest BCUT2D eigenvalue weighted by Gasteiger charge is 2.15. The molecule has 2 N–H and O–H groups in total. The minimum Gasteiger partial charge on any atom is -0.493 e. The highest BCUT2D eigenvalue weighted by Crippen LogP contribution is 2.30. The number of hydrogen-bond acceptors (Lipinski definition) is 4. The zero-order valence-electron chi connectivity index (χ0n) is 14.2. The van der Waals surface area contributed by atoms with Gasteiger partial charge in [0.1, 0.15) is 0 Å². The molecule has 0 aliphatic carbocycles. The van der Waals surface area contributed by atoms with Crippen LogP contribution >= 0.6 is 0 Å². The lowest BCUT2D eigenvalue weighted by atomic mass is 10.2. The molecule has 0 saturated carbocycles. The lowest BCUT2D eigenvalue weighted by Crippen LogP contribution is -2.32. The molecule has 1 aromatic rings. The third-order valence-electron chi connectivity index (χ3n) is 3.73. The number of benzene rings is 1. The van der Waals surface area contributed by atoms with E-state index in [9.17, 15) is 0 Å². The molecular formula is C17H27N3O3. The third kappa shape index (κ3) is 5.32. The molecule has 0 bridgehead atoms. The van der Waals surface area contributed by atoms with Gasteiger partial charge in [-0.3, -0.25) is 4.99 Å². The van der Waals surface area contributed by atoms with Crippen molar-refractivity contribution < 1.29 is 14.2 Å². The van der Waals surface area contributed by atoms with Crippen LogP contribution in [0.5, 0.6) is 11.5 Å². The van der Waals surface area contributed by atoms with E-state index in [1.54, 1.807) is 14.2 Å². The molecule has 1 saturated heterocycles. The van der Waals surface area contributed by atoms with Crippen LogP contribution in [0.1, 0.15) is 26.2 Å². The molecule has 1 unspecified atom stereocenters. The van der Waals surface area contributed by atoms with Crippen molar-refractivity contribution in [1.82, 2.24) is 5.32 Å². The maximum Gasteiger partial charge on any atom is 0.195 e. The van der Waals surface area contributed by atoms with Gasteiger partial charge in [-0.15, -0.1) is 0 Å². The number of nitrogens with one attached hydrogen (secondary N) is 2. The van der Waals surface area contributed by atoms with Gasteiger partial charge < -0.3 is 24.8 Å². The van der Waals surface area contributed by atoms with Gasteiger partial charge in [-0.2, -0.15) is 0 Å². The molecule has 1 fully saturated rings. The van der Waals surface area contributed by atoms with Gasteiger partial charge >= 0.3 is 0 Å². The average Bonchev–Trinajstić information content (AvgIpc) is 3.08. The van der Waals surface area contributed by atoms with Crippen molar-refractivity contribution in [2.24, 2.45) is 4.99 Å². The lowest BCUT2D eigenvalue weighted by molar-refractivity contribution is 0.105. The van der Waals surface area contributed by atoms with Gasteiger partial charge in [0.2, 0.25) is 0 Å². The van der Waals surface area contributed by atoms with Crippen LogP contribution in [0.2, 0.25) is 0 Å². The molecule has 0 amide bonds. The zero-order chi connectivity index (χ0) is 16.5. The Bertz CT molecular complexity index is 514. The van der Waals surface area contributed by atoms with E-state index >= 15 is 0 Å². The smallest absolute Gasteiger partial charge is 0.195 e. The quantitative estimate of drug-likeness (QED) is 0.597. The monoisotopic (exact) mass is 321 g/mol. The maximum atomic E-state index is 5.62. The van der Waals surface area contributed by atoms with Gasteiger partial charge in [-0.25, -0.2) is 0 Å². The summed E-state index contributed by atoms with van der Waals surface area (Å²) in [6, 6.07) is 5.73. The van der Waals surface area contributed by atoms with E-state index in [1.807, 2.05) is 25.1 Å². The fraction of sp³-hybridized carbons (Fsp3) is 0.588. The average molecular weight is 321 g/mol. The Balaban J connectivity index is 1.88. The van der Waals surface area contributed by atoms with E-state index in [2.05, 4.69) is 15.6 Å². The summed E-state index contributed by atoms with van der Waals surface area (Å²) in [7, 11) is 3.39. The number of ether oxygens (including phenoxy) is 3. The van der Waals surface area contributed by atoms with E-state index in [4.69, 9.17) is 14.2 Å². The van der Waals surface area contributed by atoms with Crippen molar-refractivity contribution in [1.29, 1.82) is 0 Å². The standard InChI is InChI=1S/C17H27N3O3/c1-4-22-16-12-13(7-8-15(16)21-3)20-17(18-2)19-10-9-14-6-5-11-23-14/h7-8,12,14H,4-6,9-11H2,1-3H3,(H2,18,19,20). The minimum absolute atomic E-state index is 0.381. The molecule has 2 rings (SSSR count). The van der Waals surface area contributed by atoms with Crippen molar-refractivity contribution in [3.63, 3.8) is 0 Å². The molecule has 0 aromatic heterocycles. The predicted molar refractivity (Wildman–Crippen MR) is 92.7 cm³/mol. The Labute approximate surface area is 138 Å². The predicted octanol–water partition coefficient (Wildman–Crippen LogP) is 2.65. The lowest BCUT2D eigenvalue weighted by Gasteiger charge is -2.15.